The Morgan fingerprint density at radius 2 is 1.26 bits per heavy atom. The Hall–Kier alpha value is 0.986. The summed E-state index contributed by atoms with van der Waals surface area (Å²) in [6.07, 6.45) is -4.88. The number of rotatable bonds is 4. The van der Waals surface area contributed by atoms with Gasteiger partial charge < -0.3 is 40.2 Å². The molecular formula is C11H9KNa2O9. The number of aliphatic hydroxyl groups is 2. The standard InChI is InChI=1S/C7H6O3.C4H6O6.K.2Na/c8-6-4-2-1-3-5(6)7(9)10;5-1(3(7)8)2(6)4(9)10;;;/h1-4,8H,(H,9,10);1-2,5-6H,(H,7,8)(H,9,10);;;/q;;3*+1/p-3. The van der Waals surface area contributed by atoms with E-state index >= 15 is 0 Å². The minimum atomic E-state index is -2.44. The fraction of sp³-hybridized carbons (Fsp3) is 0.182. The second kappa shape index (κ2) is 16.5. The van der Waals surface area contributed by atoms with Crippen LogP contribution in [0, 0.1) is 0 Å². The summed E-state index contributed by atoms with van der Waals surface area (Å²) in [7, 11) is 0. The topological polar surface area (TPSA) is 181 Å². The van der Waals surface area contributed by atoms with Crippen LogP contribution >= 0.6 is 0 Å². The number of carbonyl (C=O) groups excluding carboxylic acids is 2. The van der Waals surface area contributed by atoms with Gasteiger partial charge in [0.25, 0.3) is 0 Å². The van der Waals surface area contributed by atoms with E-state index in [2.05, 4.69) is 0 Å². The molecule has 0 saturated carbocycles. The van der Waals surface area contributed by atoms with Crippen LogP contribution < -0.4 is 126 Å². The predicted octanol–water partition coefficient (Wildman–Crippen LogP) is -13.3. The SMILES string of the molecule is O=C(O)c1ccccc1[O-].O=C([O-])C(O)C(O)C(=O)[O-].[K+].[Na+].[Na+]. The van der Waals surface area contributed by atoms with Crippen molar-refractivity contribution in [2.24, 2.45) is 0 Å². The van der Waals surface area contributed by atoms with Crippen LogP contribution in [0.1, 0.15) is 10.4 Å². The Morgan fingerprint density at radius 3 is 1.48 bits per heavy atom. The zero-order valence-electron chi connectivity index (χ0n) is 12.8. The largest absolute Gasteiger partial charge is 1.00 e. The molecule has 1 aromatic carbocycles. The van der Waals surface area contributed by atoms with E-state index in [0.717, 1.165) is 0 Å². The first kappa shape index (κ1) is 31.7. The molecule has 0 spiro atoms. The van der Waals surface area contributed by atoms with Gasteiger partial charge >= 0.3 is 116 Å². The minimum Gasteiger partial charge on any atom is -0.872 e. The number of carboxylic acid groups (broad SMARTS) is 3. The van der Waals surface area contributed by atoms with Crippen molar-refractivity contribution in [3.8, 4) is 5.75 Å². The summed E-state index contributed by atoms with van der Waals surface area (Å²) in [5.41, 5.74) is -0.178. The number of benzene rings is 1. The van der Waals surface area contributed by atoms with E-state index in [4.69, 9.17) is 15.3 Å². The fourth-order valence-corrected chi connectivity index (χ4v) is 0.901. The molecule has 23 heavy (non-hydrogen) atoms. The fourth-order valence-electron chi connectivity index (χ4n) is 0.901. The van der Waals surface area contributed by atoms with Gasteiger partial charge in [-0.05, 0) is 6.07 Å². The number of aliphatic hydroxyl groups excluding tert-OH is 2. The van der Waals surface area contributed by atoms with Gasteiger partial charge in [-0.25, -0.2) is 4.79 Å². The molecule has 2 unspecified atom stereocenters. The molecule has 0 aliphatic heterocycles. The summed E-state index contributed by atoms with van der Waals surface area (Å²) in [5, 5.41) is 54.8. The Bertz CT molecular complexity index is 494. The average molecular weight is 370 g/mol. The molecule has 3 N–H and O–H groups in total. The maximum atomic E-state index is 10.7. The number of para-hydroxylation sites is 1. The Kier molecular flexibility index (Phi) is 22.7. The number of carboxylic acids is 3. The van der Waals surface area contributed by atoms with Crippen molar-refractivity contribution in [1.29, 1.82) is 0 Å². The first-order chi connectivity index (χ1) is 9.18. The van der Waals surface area contributed by atoms with E-state index < -0.39 is 35.9 Å². The van der Waals surface area contributed by atoms with E-state index in [1.807, 2.05) is 0 Å². The van der Waals surface area contributed by atoms with Crippen LogP contribution in [0.5, 0.6) is 5.75 Å². The molecule has 1 aromatic rings. The number of carbonyl (C=O) groups is 3. The Morgan fingerprint density at radius 1 is 0.913 bits per heavy atom. The first-order valence-corrected chi connectivity index (χ1v) is 4.95. The van der Waals surface area contributed by atoms with Gasteiger partial charge in [0.2, 0.25) is 0 Å². The molecule has 9 nitrogen and oxygen atoms in total. The third-order valence-electron chi connectivity index (χ3n) is 1.90. The maximum Gasteiger partial charge on any atom is 1.00 e. The van der Waals surface area contributed by atoms with Crippen LogP contribution in [0.2, 0.25) is 0 Å². The van der Waals surface area contributed by atoms with Gasteiger partial charge in [0.15, 0.2) is 0 Å². The number of hydrogen-bond donors (Lipinski definition) is 3. The van der Waals surface area contributed by atoms with Gasteiger partial charge in [-0.1, -0.05) is 23.9 Å². The van der Waals surface area contributed by atoms with E-state index in [1.54, 1.807) is 0 Å². The van der Waals surface area contributed by atoms with Crippen molar-refractivity contribution >= 4 is 17.9 Å². The van der Waals surface area contributed by atoms with Gasteiger partial charge in [-0.2, -0.15) is 0 Å². The molecule has 0 aliphatic rings. The van der Waals surface area contributed by atoms with Crippen molar-refractivity contribution in [3.05, 3.63) is 29.8 Å². The molecule has 1 rings (SSSR count). The van der Waals surface area contributed by atoms with Crippen molar-refractivity contribution in [1.82, 2.24) is 0 Å². The molecule has 12 heteroatoms. The molecule has 110 valence electrons. The summed E-state index contributed by atoms with van der Waals surface area (Å²) < 4.78 is 0. The molecule has 0 heterocycles. The number of hydrogen-bond acceptors (Lipinski definition) is 8. The zero-order chi connectivity index (χ0) is 15.9. The molecule has 0 radical (unpaired) electrons. The second-order valence-electron chi connectivity index (χ2n) is 3.33. The van der Waals surface area contributed by atoms with E-state index in [1.165, 1.54) is 24.3 Å². The summed E-state index contributed by atoms with van der Waals surface area (Å²) >= 11 is 0. The van der Waals surface area contributed by atoms with Crippen LogP contribution in [0.15, 0.2) is 24.3 Å². The molecule has 0 bridgehead atoms. The molecule has 0 aliphatic carbocycles. The molecule has 0 amide bonds. The van der Waals surface area contributed by atoms with Gasteiger partial charge in [0.05, 0.1) is 17.5 Å². The molecule has 0 aromatic heterocycles. The predicted molar refractivity (Wildman–Crippen MR) is 54.9 cm³/mol. The Labute approximate surface area is 217 Å². The third kappa shape index (κ3) is 12.9. The normalized spacial score (nSPS) is 10.9. The second-order valence-corrected chi connectivity index (χ2v) is 3.33. The van der Waals surface area contributed by atoms with Gasteiger partial charge in [-0.3, -0.25) is 0 Å². The van der Waals surface area contributed by atoms with Crippen LogP contribution in [0.3, 0.4) is 0 Å². The molecule has 0 fully saturated rings. The summed E-state index contributed by atoms with van der Waals surface area (Å²) in [5.74, 6) is -5.74. The zero-order valence-corrected chi connectivity index (χ0v) is 19.9. The average Bonchev–Trinajstić information content (AvgIpc) is 2.37. The van der Waals surface area contributed by atoms with Gasteiger partial charge in [0, 0.05) is 0 Å². The van der Waals surface area contributed by atoms with Crippen molar-refractivity contribution in [2.45, 2.75) is 12.2 Å². The van der Waals surface area contributed by atoms with Crippen molar-refractivity contribution in [3.63, 3.8) is 0 Å². The van der Waals surface area contributed by atoms with Crippen LogP contribution in [-0.4, -0.2) is 45.4 Å². The number of aliphatic carboxylic acids is 2. The summed E-state index contributed by atoms with van der Waals surface area (Å²) in [4.78, 5) is 29.5. The quantitative estimate of drug-likeness (QED) is 0.433. The molecule has 2 atom stereocenters. The minimum absolute atomic E-state index is 0. The van der Waals surface area contributed by atoms with Crippen LogP contribution in [-0.2, 0) is 9.59 Å². The first-order valence-electron chi connectivity index (χ1n) is 4.95. The van der Waals surface area contributed by atoms with Crippen molar-refractivity contribution < 1.29 is 156 Å². The van der Waals surface area contributed by atoms with E-state index in [9.17, 15) is 29.7 Å². The van der Waals surface area contributed by atoms with Gasteiger partial charge in [0.1, 0.15) is 12.2 Å². The number of aromatic carboxylic acids is 1. The Balaban J connectivity index is -0.000000139. The van der Waals surface area contributed by atoms with E-state index in [-0.39, 0.29) is 116 Å². The molecular weight excluding hydrogens is 361 g/mol. The third-order valence-corrected chi connectivity index (χ3v) is 1.90. The van der Waals surface area contributed by atoms with Crippen LogP contribution in [0.4, 0.5) is 0 Å². The molecule has 0 saturated heterocycles. The van der Waals surface area contributed by atoms with Gasteiger partial charge in [-0.15, -0.1) is 0 Å². The van der Waals surface area contributed by atoms with Crippen molar-refractivity contribution in [2.75, 3.05) is 0 Å². The summed E-state index contributed by atoms with van der Waals surface area (Å²) in [6, 6.07) is 5.54. The maximum absolute atomic E-state index is 10.7. The monoisotopic (exact) mass is 370 g/mol. The summed E-state index contributed by atoms with van der Waals surface area (Å²) in [6.45, 7) is 0. The smallest absolute Gasteiger partial charge is 0.872 e. The van der Waals surface area contributed by atoms with Crippen LogP contribution in [0.25, 0.3) is 0 Å². The van der Waals surface area contributed by atoms with E-state index in [0.29, 0.717) is 0 Å².